The van der Waals surface area contributed by atoms with Gasteiger partial charge in [-0.25, -0.2) is 4.79 Å². The van der Waals surface area contributed by atoms with Crippen LogP contribution in [0.3, 0.4) is 0 Å². The van der Waals surface area contributed by atoms with Gasteiger partial charge in [0.25, 0.3) is 0 Å². The monoisotopic (exact) mass is 262 g/mol. The quantitative estimate of drug-likeness (QED) is 0.917. The number of hydrogen-bond donors (Lipinski definition) is 1. The largest absolute Gasteiger partial charge is 0.490 e. The Balaban J connectivity index is 1.87. The third kappa shape index (κ3) is 2.42. The van der Waals surface area contributed by atoms with Crippen LogP contribution in [0.2, 0.25) is 0 Å². The van der Waals surface area contributed by atoms with Gasteiger partial charge in [0.1, 0.15) is 17.9 Å². The van der Waals surface area contributed by atoms with Crippen LogP contribution in [0.25, 0.3) is 11.0 Å². The van der Waals surface area contributed by atoms with E-state index in [0.717, 1.165) is 24.8 Å². The van der Waals surface area contributed by atoms with Gasteiger partial charge in [-0.05, 0) is 31.0 Å². The molecule has 0 radical (unpaired) electrons. The number of rotatable bonds is 4. The van der Waals surface area contributed by atoms with Crippen molar-refractivity contribution < 1.29 is 23.8 Å². The molecular formula is C14H14O5. The van der Waals surface area contributed by atoms with Crippen LogP contribution in [0.15, 0.2) is 28.9 Å². The van der Waals surface area contributed by atoms with Crippen molar-refractivity contribution in [2.75, 3.05) is 13.2 Å². The molecule has 0 amide bonds. The lowest BCUT2D eigenvalue weighted by Gasteiger charge is -2.12. The van der Waals surface area contributed by atoms with Gasteiger partial charge in [-0.15, -0.1) is 0 Å². The van der Waals surface area contributed by atoms with Crippen molar-refractivity contribution >= 4 is 16.9 Å². The molecule has 0 unspecified atom stereocenters. The molecule has 1 saturated heterocycles. The fourth-order valence-electron chi connectivity index (χ4n) is 2.24. The number of carboxylic acids is 1. The number of hydrogen-bond acceptors (Lipinski definition) is 4. The Morgan fingerprint density at radius 3 is 3.11 bits per heavy atom. The van der Waals surface area contributed by atoms with Gasteiger partial charge < -0.3 is 19.0 Å². The zero-order valence-corrected chi connectivity index (χ0v) is 10.3. The van der Waals surface area contributed by atoms with Crippen LogP contribution in [0.5, 0.6) is 5.75 Å². The van der Waals surface area contributed by atoms with Crippen molar-refractivity contribution in [3.05, 3.63) is 30.0 Å². The van der Waals surface area contributed by atoms with E-state index < -0.39 is 5.97 Å². The zero-order valence-electron chi connectivity index (χ0n) is 10.3. The van der Waals surface area contributed by atoms with E-state index >= 15 is 0 Å². The summed E-state index contributed by atoms with van der Waals surface area (Å²) in [4.78, 5) is 11.1. The maximum Gasteiger partial charge on any atom is 0.335 e. The number of carbonyl (C=O) groups is 1. The first kappa shape index (κ1) is 12.0. The number of fused-ring (bicyclic) bond motifs is 1. The van der Waals surface area contributed by atoms with E-state index in [4.69, 9.17) is 19.0 Å². The second-order valence-corrected chi connectivity index (χ2v) is 4.56. The topological polar surface area (TPSA) is 68.9 Å². The van der Waals surface area contributed by atoms with Crippen LogP contribution >= 0.6 is 0 Å². The van der Waals surface area contributed by atoms with Crippen molar-refractivity contribution in [1.29, 1.82) is 0 Å². The molecule has 1 aliphatic heterocycles. The van der Waals surface area contributed by atoms with E-state index in [2.05, 4.69) is 0 Å². The van der Waals surface area contributed by atoms with Crippen molar-refractivity contribution in [3.8, 4) is 5.75 Å². The molecule has 2 aromatic rings. The standard InChI is InChI=1S/C14H14O5/c15-14(16)9-6-12-11(3-5-18-12)13(7-9)19-8-10-2-1-4-17-10/h3,5-7,10H,1-2,4,8H2,(H,15,16)/t10-/m1/s1. The first-order valence-electron chi connectivity index (χ1n) is 6.23. The fourth-order valence-corrected chi connectivity index (χ4v) is 2.24. The van der Waals surface area contributed by atoms with Gasteiger partial charge in [0.2, 0.25) is 0 Å². The Labute approximate surface area is 109 Å². The highest BCUT2D eigenvalue weighted by molar-refractivity contribution is 5.95. The van der Waals surface area contributed by atoms with E-state index in [1.807, 2.05) is 0 Å². The summed E-state index contributed by atoms with van der Waals surface area (Å²) >= 11 is 0. The molecule has 1 aromatic carbocycles. The minimum Gasteiger partial charge on any atom is -0.490 e. The normalized spacial score (nSPS) is 18.8. The summed E-state index contributed by atoms with van der Waals surface area (Å²) in [5.41, 5.74) is 0.673. The Bertz CT molecular complexity index is 595. The van der Waals surface area contributed by atoms with Gasteiger partial charge in [-0.3, -0.25) is 0 Å². The lowest BCUT2D eigenvalue weighted by atomic mass is 10.1. The van der Waals surface area contributed by atoms with E-state index in [0.29, 0.717) is 17.9 Å². The molecule has 0 saturated carbocycles. The Kier molecular flexibility index (Phi) is 3.13. The SMILES string of the molecule is O=C(O)c1cc(OC[C@H]2CCCO2)c2ccoc2c1. The molecule has 0 bridgehead atoms. The molecule has 1 N–H and O–H groups in total. The van der Waals surface area contributed by atoms with Gasteiger partial charge in [0, 0.05) is 6.61 Å². The van der Waals surface area contributed by atoms with Crippen LogP contribution in [0.1, 0.15) is 23.2 Å². The van der Waals surface area contributed by atoms with Crippen molar-refractivity contribution in [3.63, 3.8) is 0 Å². The maximum absolute atomic E-state index is 11.1. The Morgan fingerprint density at radius 2 is 2.37 bits per heavy atom. The first-order valence-corrected chi connectivity index (χ1v) is 6.23. The predicted octanol–water partition coefficient (Wildman–Crippen LogP) is 2.69. The highest BCUT2D eigenvalue weighted by atomic mass is 16.5. The molecule has 5 heteroatoms. The van der Waals surface area contributed by atoms with Crippen LogP contribution < -0.4 is 4.74 Å². The summed E-state index contributed by atoms with van der Waals surface area (Å²) in [6, 6.07) is 4.79. The summed E-state index contributed by atoms with van der Waals surface area (Å²) < 4.78 is 16.4. The molecule has 19 heavy (non-hydrogen) atoms. The minimum absolute atomic E-state index is 0.0930. The number of furan rings is 1. The van der Waals surface area contributed by atoms with Gasteiger partial charge in [0.15, 0.2) is 0 Å². The summed E-state index contributed by atoms with van der Waals surface area (Å²) in [6.07, 6.45) is 3.64. The van der Waals surface area contributed by atoms with Crippen LogP contribution in [0, 0.1) is 0 Å². The lowest BCUT2D eigenvalue weighted by molar-refractivity contribution is 0.0676. The Hall–Kier alpha value is -2.01. The van der Waals surface area contributed by atoms with Gasteiger partial charge in [-0.1, -0.05) is 0 Å². The van der Waals surface area contributed by atoms with Crippen molar-refractivity contribution in [1.82, 2.24) is 0 Å². The Morgan fingerprint density at radius 1 is 1.47 bits per heavy atom. The number of aromatic carboxylic acids is 1. The molecule has 5 nitrogen and oxygen atoms in total. The molecule has 1 atom stereocenters. The molecule has 100 valence electrons. The molecule has 3 rings (SSSR count). The van der Waals surface area contributed by atoms with E-state index in [-0.39, 0.29) is 11.7 Å². The predicted molar refractivity (Wildman–Crippen MR) is 67.6 cm³/mol. The third-order valence-corrected chi connectivity index (χ3v) is 3.23. The van der Waals surface area contributed by atoms with Gasteiger partial charge in [-0.2, -0.15) is 0 Å². The van der Waals surface area contributed by atoms with Crippen molar-refractivity contribution in [2.24, 2.45) is 0 Å². The molecule has 0 spiro atoms. The third-order valence-electron chi connectivity index (χ3n) is 3.23. The summed E-state index contributed by atoms with van der Waals surface area (Å²) in [5, 5.41) is 9.84. The smallest absolute Gasteiger partial charge is 0.335 e. The first-order chi connectivity index (χ1) is 9.24. The second kappa shape index (κ2) is 4.93. The summed E-state index contributed by atoms with van der Waals surface area (Å²) in [6.45, 7) is 1.20. The molecule has 0 aliphatic carbocycles. The molecular weight excluding hydrogens is 248 g/mol. The average Bonchev–Trinajstić information content (AvgIpc) is 3.06. The number of benzene rings is 1. The lowest BCUT2D eigenvalue weighted by Crippen LogP contribution is -2.16. The van der Waals surface area contributed by atoms with Crippen molar-refractivity contribution in [2.45, 2.75) is 18.9 Å². The van der Waals surface area contributed by atoms with Crippen LogP contribution in [0.4, 0.5) is 0 Å². The molecule has 1 aromatic heterocycles. The molecule has 2 heterocycles. The highest BCUT2D eigenvalue weighted by Gasteiger charge is 2.18. The number of carboxylic acid groups (broad SMARTS) is 1. The summed E-state index contributed by atoms with van der Waals surface area (Å²) in [5.74, 6) is -0.473. The van der Waals surface area contributed by atoms with E-state index in [9.17, 15) is 4.79 Å². The fraction of sp³-hybridized carbons (Fsp3) is 0.357. The minimum atomic E-state index is -1.000. The highest BCUT2D eigenvalue weighted by Crippen LogP contribution is 2.29. The zero-order chi connectivity index (χ0) is 13.2. The maximum atomic E-state index is 11.1. The van der Waals surface area contributed by atoms with E-state index in [1.54, 1.807) is 6.07 Å². The van der Waals surface area contributed by atoms with Gasteiger partial charge in [0.05, 0.1) is 23.3 Å². The average molecular weight is 262 g/mol. The molecule has 1 aliphatic rings. The number of ether oxygens (including phenoxy) is 2. The second-order valence-electron chi connectivity index (χ2n) is 4.56. The molecule has 1 fully saturated rings. The summed E-state index contributed by atoms with van der Waals surface area (Å²) in [7, 11) is 0. The van der Waals surface area contributed by atoms with Crippen LogP contribution in [-0.4, -0.2) is 30.4 Å². The van der Waals surface area contributed by atoms with Gasteiger partial charge >= 0.3 is 5.97 Å². The van der Waals surface area contributed by atoms with E-state index in [1.165, 1.54) is 18.4 Å². The van der Waals surface area contributed by atoms with Crippen LogP contribution in [-0.2, 0) is 4.74 Å².